The molecule has 4 nitrogen and oxygen atoms in total. The van der Waals surface area contributed by atoms with Crippen molar-refractivity contribution in [2.75, 3.05) is 6.61 Å². The molecule has 2 aromatic carbocycles. The van der Waals surface area contributed by atoms with Crippen molar-refractivity contribution in [3.63, 3.8) is 0 Å². The molecule has 0 amide bonds. The van der Waals surface area contributed by atoms with Crippen molar-refractivity contribution in [1.29, 1.82) is 0 Å². The molecule has 0 saturated carbocycles. The maximum Gasteiger partial charge on any atom is 0.138 e. The molecule has 2 aliphatic heterocycles. The van der Waals surface area contributed by atoms with Gasteiger partial charge in [0, 0.05) is 22.8 Å². The number of ether oxygens (including phenoxy) is 2. The van der Waals surface area contributed by atoms with Crippen molar-refractivity contribution >= 4 is 0 Å². The summed E-state index contributed by atoms with van der Waals surface area (Å²) in [6.07, 6.45) is 5.33. The number of hydrogen-bond acceptors (Lipinski definition) is 4. The van der Waals surface area contributed by atoms with Crippen LogP contribution in [0, 0.1) is 6.92 Å². The van der Waals surface area contributed by atoms with Gasteiger partial charge in [0.25, 0.3) is 0 Å². The molecular formula is C26H30O4. The standard InChI is InChI=1S/C26H30O4/c1-14(2)6-8-17-11-20-23(12-22(17)27)29-13-21-19-10-16(5)24(28)18(9-7-15(3)4)25(19)30-26(20)21/h6-7,10-12,21,26-28H,8-9,13H2,1-5H3/t21-,26-/m0/s1. The van der Waals surface area contributed by atoms with Crippen molar-refractivity contribution < 1.29 is 19.7 Å². The molecule has 2 atom stereocenters. The Morgan fingerprint density at radius 3 is 2.40 bits per heavy atom. The van der Waals surface area contributed by atoms with Crippen LogP contribution in [0.5, 0.6) is 23.0 Å². The zero-order valence-electron chi connectivity index (χ0n) is 18.4. The van der Waals surface area contributed by atoms with Gasteiger partial charge in [-0.05, 0) is 70.7 Å². The van der Waals surface area contributed by atoms with E-state index in [1.807, 2.05) is 32.9 Å². The van der Waals surface area contributed by atoms with Crippen molar-refractivity contribution in [2.45, 2.75) is 59.5 Å². The molecule has 0 radical (unpaired) electrons. The van der Waals surface area contributed by atoms with Gasteiger partial charge in [0.05, 0.1) is 12.5 Å². The van der Waals surface area contributed by atoms with E-state index in [0.29, 0.717) is 30.9 Å². The van der Waals surface area contributed by atoms with E-state index >= 15 is 0 Å². The number of fused-ring (bicyclic) bond motifs is 5. The van der Waals surface area contributed by atoms with E-state index in [2.05, 4.69) is 26.0 Å². The summed E-state index contributed by atoms with van der Waals surface area (Å²) in [5.41, 5.74) is 7.03. The molecule has 0 aliphatic carbocycles. The highest BCUT2D eigenvalue weighted by Gasteiger charge is 2.43. The highest BCUT2D eigenvalue weighted by atomic mass is 16.5. The Labute approximate surface area is 178 Å². The number of phenolic OH excluding ortho intramolecular Hbond substituents is 2. The van der Waals surface area contributed by atoms with Gasteiger partial charge in [0.2, 0.25) is 0 Å². The first-order chi connectivity index (χ1) is 14.3. The van der Waals surface area contributed by atoms with E-state index in [1.54, 1.807) is 6.07 Å². The van der Waals surface area contributed by atoms with Crippen LogP contribution in [0.4, 0.5) is 0 Å². The third-order valence-electron chi connectivity index (χ3n) is 5.96. The average molecular weight is 407 g/mol. The van der Waals surface area contributed by atoms with Gasteiger partial charge in [-0.3, -0.25) is 0 Å². The molecule has 4 rings (SSSR count). The molecule has 2 aliphatic rings. The number of aryl methyl sites for hydroxylation is 1. The molecule has 2 heterocycles. The second kappa shape index (κ2) is 7.75. The highest BCUT2D eigenvalue weighted by Crippen LogP contribution is 2.55. The summed E-state index contributed by atoms with van der Waals surface area (Å²) in [6, 6.07) is 5.74. The normalized spacial score (nSPS) is 18.4. The van der Waals surface area contributed by atoms with E-state index < -0.39 is 0 Å². The van der Waals surface area contributed by atoms with Crippen LogP contribution in [-0.4, -0.2) is 16.8 Å². The third-order valence-corrected chi connectivity index (χ3v) is 5.96. The second-order valence-corrected chi connectivity index (χ2v) is 8.88. The lowest BCUT2D eigenvalue weighted by Crippen LogP contribution is -2.23. The second-order valence-electron chi connectivity index (χ2n) is 8.88. The molecule has 0 unspecified atom stereocenters. The average Bonchev–Trinajstić information content (AvgIpc) is 3.04. The lowest BCUT2D eigenvalue weighted by Gasteiger charge is -2.28. The minimum absolute atomic E-state index is 0.0677. The van der Waals surface area contributed by atoms with Gasteiger partial charge in [-0.15, -0.1) is 0 Å². The lowest BCUT2D eigenvalue weighted by molar-refractivity contribution is 0.138. The van der Waals surface area contributed by atoms with Gasteiger partial charge in [-0.25, -0.2) is 0 Å². The van der Waals surface area contributed by atoms with Crippen LogP contribution in [0.2, 0.25) is 0 Å². The summed E-state index contributed by atoms with van der Waals surface area (Å²) in [4.78, 5) is 0. The Morgan fingerprint density at radius 1 is 1.00 bits per heavy atom. The van der Waals surface area contributed by atoms with Gasteiger partial charge in [0.1, 0.15) is 29.1 Å². The molecule has 30 heavy (non-hydrogen) atoms. The van der Waals surface area contributed by atoms with E-state index in [1.165, 1.54) is 11.1 Å². The lowest BCUT2D eigenvalue weighted by atomic mass is 9.86. The summed E-state index contributed by atoms with van der Waals surface area (Å²) < 4.78 is 12.5. The number of aromatic hydroxyl groups is 2. The quantitative estimate of drug-likeness (QED) is 0.608. The number of phenols is 2. The van der Waals surface area contributed by atoms with Crippen LogP contribution >= 0.6 is 0 Å². The Balaban J connectivity index is 1.77. The largest absolute Gasteiger partial charge is 0.508 e. The molecule has 0 fully saturated rings. The van der Waals surface area contributed by atoms with Crippen molar-refractivity contribution in [1.82, 2.24) is 0 Å². The van der Waals surface area contributed by atoms with Gasteiger partial charge in [-0.1, -0.05) is 23.3 Å². The van der Waals surface area contributed by atoms with Gasteiger partial charge < -0.3 is 19.7 Å². The van der Waals surface area contributed by atoms with Crippen LogP contribution in [0.25, 0.3) is 0 Å². The van der Waals surface area contributed by atoms with Crippen LogP contribution in [0.1, 0.15) is 67.5 Å². The molecule has 0 saturated heterocycles. The maximum absolute atomic E-state index is 10.7. The third kappa shape index (κ3) is 3.55. The summed E-state index contributed by atoms with van der Waals surface area (Å²) in [7, 11) is 0. The first kappa shape index (κ1) is 20.4. The first-order valence-corrected chi connectivity index (χ1v) is 10.5. The Bertz CT molecular complexity index is 1050. The van der Waals surface area contributed by atoms with Gasteiger partial charge >= 0.3 is 0 Å². The molecule has 2 aromatic rings. The van der Waals surface area contributed by atoms with Gasteiger partial charge in [0.15, 0.2) is 0 Å². The van der Waals surface area contributed by atoms with Crippen molar-refractivity contribution in [3.8, 4) is 23.0 Å². The van der Waals surface area contributed by atoms with E-state index in [0.717, 1.165) is 33.6 Å². The van der Waals surface area contributed by atoms with Crippen LogP contribution in [0.3, 0.4) is 0 Å². The minimum Gasteiger partial charge on any atom is -0.508 e. The summed E-state index contributed by atoms with van der Waals surface area (Å²) in [6.45, 7) is 10.6. The zero-order valence-corrected chi connectivity index (χ0v) is 18.4. The first-order valence-electron chi connectivity index (χ1n) is 10.5. The number of rotatable bonds is 4. The Kier molecular flexibility index (Phi) is 5.27. The van der Waals surface area contributed by atoms with E-state index in [4.69, 9.17) is 9.47 Å². The smallest absolute Gasteiger partial charge is 0.138 e. The fourth-order valence-electron chi connectivity index (χ4n) is 4.26. The molecule has 4 heteroatoms. The summed E-state index contributed by atoms with van der Waals surface area (Å²) >= 11 is 0. The predicted molar refractivity (Wildman–Crippen MR) is 119 cm³/mol. The highest BCUT2D eigenvalue weighted by molar-refractivity contribution is 5.60. The minimum atomic E-state index is -0.179. The summed E-state index contributed by atoms with van der Waals surface area (Å²) in [5, 5.41) is 21.2. The topological polar surface area (TPSA) is 58.9 Å². The fraction of sp³-hybridized carbons (Fsp3) is 0.385. The predicted octanol–water partition coefficient (Wildman–Crippen LogP) is 6.03. The number of hydrogen-bond donors (Lipinski definition) is 2. The molecule has 0 bridgehead atoms. The van der Waals surface area contributed by atoms with Gasteiger partial charge in [-0.2, -0.15) is 0 Å². The van der Waals surface area contributed by atoms with Crippen molar-refractivity contribution in [2.24, 2.45) is 0 Å². The monoisotopic (exact) mass is 406 g/mol. The maximum atomic E-state index is 10.7. The Hall–Kier alpha value is -2.88. The molecule has 2 N–H and O–H groups in total. The molecule has 158 valence electrons. The molecule has 0 aromatic heterocycles. The molecular weight excluding hydrogens is 376 g/mol. The SMILES string of the molecule is CC(C)=CCc1cc2c(cc1O)OC[C@H]1c3cc(C)c(O)c(CC=C(C)C)c3O[C@@H]21. The van der Waals surface area contributed by atoms with Crippen LogP contribution in [0.15, 0.2) is 41.5 Å². The number of benzene rings is 2. The Morgan fingerprint density at radius 2 is 1.70 bits per heavy atom. The number of allylic oxidation sites excluding steroid dienone is 4. The van der Waals surface area contributed by atoms with E-state index in [9.17, 15) is 10.2 Å². The van der Waals surface area contributed by atoms with Crippen molar-refractivity contribution in [3.05, 3.63) is 69.3 Å². The summed E-state index contributed by atoms with van der Waals surface area (Å²) in [5.74, 6) is 2.08. The van der Waals surface area contributed by atoms with Crippen LogP contribution in [-0.2, 0) is 12.8 Å². The zero-order chi connectivity index (χ0) is 21.6. The van der Waals surface area contributed by atoms with E-state index in [-0.39, 0.29) is 17.8 Å². The molecule has 0 spiro atoms. The fourth-order valence-corrected chi connectivity index (χ4v) is 4.26. The van der Waals surface area contributed by atoms with Crippen LogP contribution < -0.4 is 9.47 Å².